The molecule has 35 heavy (non-hydrogen) atoms. The van der Waals surface area contributed by atoms with Crippen LogP contribution in [0, 0.1) is 5.92 Å². The summed E-state index contributed by atoms with van der Waals surface area (Å²) in [7, 11) is 0. The average molecular weight is 480 g/mol. The van der Waals surface area contributed by atoms with Crippen molar-refractivity contribution < 1.29 is 33.5 Å². The molecule has 3 saturated heterocycles. The Hall–Kier alpha value is -2.78. The molecule has 1 saturated carbocycles. The van der Waals surface area contributed by atoms with Crippen LogP contribution < -0.4 is 0 Å². The van der Waals surface area contributed by atoms with E-state index in [1.54, 1.807) is 6.92 Å². The van der Waals surface area contributed by atoms with E-state index in [2.05, 4.69) is 48.5 Å². The van der Waals surface area contributed by atoms with Crippen molar-refractivity contribution in [3.05, 3.63) is 71.8 Å². The quantitative estimate of drug-likeness (QED) is 0.584. The molecule has 0 amide bonds. The van der Waals surface area contributed by atoms with Crippen molar-refractivity contribution in [2.45, 2.75) is 68.7 Å². The van der Waals surface area contributed by atoms with Crippen molar-refractivity contribution >= 4 is 11.9 Å². The standard InChI is InChI=1S/C27H29NO7/c1-2-31-26(30)24-22-23-19(32-25(22)29)16-21(34-28(23)35-24)33-20-14-9-15-27(20,17-10-5-3-6-11-17)18-12-7-4-8-13-18/h3-8,10-13,19-24H,2,9,14-16H2,1H3/t19-,20?,21-,22-,23?,24-/m1/s1. The lowest BCUT2D eigenvalue weighted by Crippen LogP contribution is -2.50. The van der Waals surface area contributed by atoms with Gasteiger partial charge in [-0.1, -0.05) is 65.9 Å². The van der Waals surface area contributed by atoms with Crippen LogP contribution in [0.4, 0.5) is 0 Å². The van der Waals surface area contributed by atoms with Crippen LogP contribution in [0.2, 0.25) is 0 Å². The Labute approximate surface area is 203 Å². The predicted octanol–water partition coefficient (Wildman–Crippen LogP) is 3.29. The van der Waals surface area contributed by atoms with Crippen LogP contribution in [0.3, 0.4) is 0 Å². The summed E-state index contributed by atoms with van der Waals surface area (Å²) in [6.45, 7) is 1.91. The Morgan fingerprint density at radius 2 is 1.74 bits per heavy atom. The number of benzene rings is 2. The van der Waals surface area contributed by atoms with Gasteiger partial charge in [-0.3, -0.25) is 9.63 Å². The van der Waals surface area contributed by atoms with Crippen LogP contribution in [0.5, 0.6) is 0 Å². The summed E-state index contributed by atoms with van der Waals surface area (Å²) in [6.07, 6.45) is 0.821. The number of nitrogens with zero attached hydrogens (tertiary/aromatic N) is 1. The van der Waals surface area contributed by atoms with E-state index in [9.17, 15) is 9.59 Å². The number of hydrogen-bond acceptors (Lipinski definition) is 8. The van der Waals surface area contributed by atoms with Crippen molar-refractivity contribution in [2.75, 3.05) is 6.61 Å². The highest BCUT2D eigenvalue weighted by Crippen LogP contribution is 2.50. The molecule has 0 bridgehead atoms. The lowest BCUT2D eigenvalue weighted by Gasteiger charge is -2.41. The van der Waals surface area contributed by atoms with E-state index in [0.717, 1.165) is 19.3 Å². The van der Waals surface area contributed by atoms with E-state index >= 15 is 0 Å². The summed E-state index contributed by atoms with van der Waals surface area (Å²) in [5, 5.41) is 1.25. The molecule has 2 aromatic rings. The minimum Gasteiger partial charge on any atom is -0.464 e. The van der Waals surface area contributed by atoms with Crippen LogP contribution in [-0.2, 0) is 38.9 Å². The molecule has 6 rings (SSSR count). The van der Waals surface area contributed by atoms with E-state index in [1.165, 1.54) is 16.4 Å². The molecular formula is C27H29NO7. The van der Waals surface area contributed by atoms with Crippen LogP contribution in [-0.4, -0.2) is 54.4 Å². The lowest BCUT2D eigenvalue weighted by atomic mass is 9.71. The van der Waals surface area contributed by atoms with E-state index in [0.29, 0.717) is 6.42 Å². The molecule has 0 radical (unpaired) electrons. The van der Waals surface area contributed by atoms with E-state index in [-0.39, 0.29) is 18.1 Å². The van der Waals surface area contributed by atoms with E-state index in [1.807, 2.05) is 12.1 Å². The highest BCUT2D eigenvalue weighted by molar-refractivity contribution is 5.86. The predicted molar refractivity (Wildman–Crippen MR) is 122 cm³/mol. The first-order chi connectivity index (χ1) is 17.1. The lowest BCUT2D eigenvalue weighted by molar-refractivity contribution is -0.446. The second kappa shape index (κ2) is 9.02. The van der Waals surface area contributed by atoms with Gasteiger partial charge in [0.2, 0.25) is 0 Å². The van der Waals surface area contributed by atoms with Gasteiger partial charge in [-0.2, -0.15) is 0 Å². The maximum atomic E-state index is 12.6. The van der Waals surface area contributed by atoms with Crippen molar-refractivity contribution in [1.29, 1.82) is 0 Å². The van der Waals surface area contributed by atoms with Gasteiger partial charge in [0.15, 0.2) is 12.4 Å². The first-order valence-corrected chi connectivity index (χ1v) is 12.4. The topological polar surface area (TPSA) is 83.5 Å². The number of esters is 2. The molecule has 4 aliphatic rings. The van der Waals surface area contributed by atoms with Crippen LogP contribution in [0.25, 0.3) is 0 Å². The van der Waals surface area contributed by atoms with Gasteiger partial charge in [0.25, 0.3) is 0 Å². The smallest absolute Gasteiger partial charge is 0.338 e. The normalized spacial score (nSPS) is 33.3. The molecule has 4 fully saturated rings. The Morgan fingerprint density at radius 1 is 1.06 bits per heavy atom. The first kappa shape index (κ1) is 22.7. The molecule has 8 heteroatoms. The zero-order valence-corrected chi connectivity index (χ0v) is 19.6. The second-order valence-electron chi connectivity index (χ2n) is 9.55. The molecule has 8 nitrogen and oxygen atoms in total. The minimum absolute atomic E-state index is 0.148. The summed E-state index contributed by atoms with van der Waals surface area (Å²) in [4.78, 5) is 36.9. The SMILES string of the molecule is CCOC(=O)[C@@H]1ON2O[C@@H](OC3CCCC3(c3ccccc3)c3ccccc3)C[C@H]3OC(=O)[C@@H]1C32. The molecular weight excluding hydrogens is 450 g/mol. The Kier molecular flexibility index (Phi) is 5.84. The monoisotopic (exact) mass is 479 g/mol. The zero-order chi connectivity index (χ0) is 24.0. The molecule has 184 valence electrons. The van der Waals surface area contributed by atoms with Crippen molar-refractivity contribution in [3.63, 3.8) is 0 Å². The number of rotatable bonds is 6. The fourth-order valence-electron chi connectivity index (χ4n) is 6.25. The van der Waals surface area contributed by atoms with E-state index < -0.39 is 42.4 Å². The maximum absolute atomic E-state index is 12.6. The molecule has 0 aromatic heterocycles. The van der Waals surface area contributed by atoms with Gasteiger partial charge >= 0.3 is 11.9 Å². The summed E-state index contributed by atoms with van der Waals surface area (Å²) < 4.78 is 17.4. The van der Waals surface area contributed by atoms with Crippen molar-refractivity contribution in [2.24, 2.45) is 5.92 Å². The van der Waals surface area contributed by atoms with Crippen LogP contribution in [0.15, 0.2) is 60.7 Å². The molecule has 2 unspecified atom stereocenters. The first-order valence-electron chi connectivity index (χ1n) is 12.4. The summed E-state index contributed by atoms with van der Waals surface area (Å²) in [5.41, 5.74) is 2.08. The summed E-state index contributed by atoms with van der Waals surface area (Å²) in [6, 6.07) is 20.4. The highest BCUT2D eigenvalue weighted by Gasteiger charge is 2.64. The summed E-state index contributed by atoms with van der Waals surface area (Å²) >= 11 is 0. The third-order valence-electron chi connectivity index (χ3n) is 7.72. The Balaban J connectivity index is 1.27. The third-order valence-corrected chi connectivity index (χ3v) is 7.72. The fourth-order valence-corrected chi connectivity index (χ4v) is 6.25. The van der Waals surface area contributed by atoms with Gasteiger partial charge in [-0.05, 0) is 37.3 Å². The number of carbonyl (C=O) groups is 2. The van der Waals surface area contributed by atoms with Gasteiger partial charge < -0.3 is 14.2 Å². The fraction of sp³-hybridized carbons (Fsp3) is 0.481. The second-order valence-corrected chi connectivity index (χ2v) is 9.55. The average Bonchev–Trinajstić information content (AvgIpc) is 3.57. The third kappa shape index (κ3) is 3.67. The number of carbonyl (C=O) groups excluding carboxylic acids is 2. The largest absolute Gasteiger partial charge is 0.464 e. The van der Waals surface area contributed by atoms with Gasteiger partial charge in [0.1, 0.15) is 18.1 Å². The van der Waals surface area contributed by atoms with Gasteiger partial charge in [-0.15, -0.1) is 0 Å². The number of ether oxygens (including phenoxy) is 3. The van der Waals surface area contributed by atoms with Crippen molar-refractivity contribution in [1.82, 2.24) is 5.23 Å². The maximum Gasteiger partial charge on any atom is 0.338 e. The molecule has 2 aromatic carbocycles. The van der Waals surface area contributed by atoms with Gasteiger partial charge in [0.05, 0.1) is 12.7 Å². The summed E-state index contributed by atoms with van der Waals surface area (Å²) in [5.74, 6) is -1.82. The highest BCUT2D eigenvalue weighted by atomic mass is 17.0. The molecule has 6 atom stereocenters. The van der Waals surface area contributed by atoms with Crippen LogP contribution in [0.1, 0.15) is 43.7 Å². The molecule has 0 spiro atoms. The molecule has 1 aliphatic carbocycles. The van der Waals surface area contributed by atoms with Gasteiger partial charge in [0, 0.05) is 11.8 Å². The molecule has 3 heterocycles. The number of hydroxylamine groups is 2. The number of hydrogen-bond donors (Lipinski definition) is 0. The van der Waals surface area contributed by atoms with Crippen molar-refractivity contribution in [3.8, 4) is 0 Å². The molecule has 0 N–H and O–H groups in total. The Bertz CT molecular complexity index is 1040. The van der Waals surface area contributed by atoms with E-state index in [4.69, 9.17) is 23.9 Å². The van der Waals surface area contributed by atoms with Gasteiger partial charge in [-0.25, -0.2) is 9.63 Å². The van der Waals surface area contributed by atoms with Crippen LogP contribution >= 0.6 is 0 Å². The Morgan fingerprint density at radius 3 is 2.40 bits per heavy atom. The zero-order valence-electron chi connectivity index (χ0n) is 19.6. The molecule has 3 aliphatic heterocycles. The minimum atomic E-state index is -1.07.